The molecule has 1 aromatic heterocycles. The zero-order valence-corrected chi connectivity index (χ0v) is 20.9. The largest absolute Gasteiger partial charge is 0.372 e. The molecule has 32 heavy (non-hydrogen) atoms. The number of hydrogen-bond acceptors (Lipinski definition) is 4. The Hall–Kier alpha value is -2.38. The molecule has 3 aromatic rings. The van der Waals surface area contributed by atoms with Crippen molar-refractivity contribution >= 4 is 44.1 Å². The van der Waals surface area contributed by atoms with Crippen LogP contribution >= 0.6 is 27.3 Å². The van der Waals surface area contributed by atoms with Crippen LogP contribution in [0.15, 0.2) is 58.4 Å². The maximum Gasteiger partial charge on any atom is 0.321 e. The highest BCUT2D eigenvalue weighted by molar-refractivity contribution is 9.10. The first-order valence-corrected chi connectivity index (χ1v) is 12.7. The van der Waals surface area contributed by atoms with Crippen LogP contribution in [0.3, 0.4) is 0 Å². The van der Waals surface area contributed by atoms with Gasteiger partial charge in [0, 0.05) is 40.6 Å². The van der Waals surface area contributed by atoms with E-state index in [0.717, 1.165) is 28.8 Å². The fourth-order valence-electron chi connectivity index (χ4n) is 3.93. The predicted octanol–water partition coefficient (Wildman–Crippen LogP) is 6.54. The van der Waals surface area contributed by atoms with Crippen LogP contribution in [0, 0.1) is 0 Å². The molecule has 2 heterocycles. The second-order valence-electron chi connectivity index (χ2n) is 8.69. The first-order chi connectivity index (χ1) is 15.4. The van der Waals surface area contributed by atoms with Crippen molar-refractivity contribution in [1.29, 1.82) is 0 Å². The van der Waals surface area contributed by atoms with Gasteiger partial charge in [-0.15, -0.1) is 11.3 Å². The minimum Gasteiger partial charge on any atom is -0.372 e. The SMILES string of the molecule is CC(C)(c1ccc(Br)cc1)c1csc(NC(=O)NCc2ccc(N3CCCCC3)cc2)n1. The van der Waals surface area contributed by atoms with Gasteiger partial charge in [-0.05, 0) is 54.7 Å². The number of thiazole rings is 1. The van der Waals surface area contributed by atoms with E-state index < -0.39 is 0 Å². The van der Waals surface area contributed by atoms with Crippen molar-refractivity contribution in [3.8, 4) is 0 Å². The van der Waals surface area contributed by atoms with Gasteiger partial charge in [-0.1, -0.05) is 54.0 Å². The molecule has 5 nitrogen and oxygen atoms in total. The molecule has 2 N–H and O–H groups in total. The Morgan fingerprint density at radius 3 is 2.44 bits per heavy atom. The molecule has 168 valence electrons. The van der Waals surface area contributed by atoms with Crippen molar-refractivity contribution in [3.63, 3.8) is 0 Å². The first-order valence-electron chi connectivity index (χ1n) is 11.0. The lowest BCUT2D eigenvalue weighted by Gasteiger charge is -2.28. The van der Waals surface area contributed by atoms with Crippen LogP contribution in [0.4, 0.5) is 15.6 Å². The second-order valence-corrected chi connectivity index (χ2v) is 10.5. The number of anilines is 2. The zero-order valence-electron chi connectivity index (χ0n) is 18.5. The average Bonchev–Trinajstić information content (AvgIpc) is 3.28. The van der Waals surface area contributed by atoms with Crippen LogP contribution in [0.2, 0.25) is 0 Å². The number of carbonyl (C=O) groups excluding carboxylic acids is 1. The molecule has 2 amide bonds. The monoisotopic (exact) mass is 512 g/mol. The van der Waals surface area contributed by atoms with Crippen molar-refractivity contribution in [2.75, 3.05) is 23.3 Å². The number of piperidine rings is 1. The van der Waals surface area contributed by atoms with Gasteiger partial charge >= 0.3 is 6.03 Å². The van der Waals surface area contributed by atoms with E-state index >= 15 is 0 Å². The molecule has 0 spiro atoms. The Kier molecular flexibility index (Phi) is 7.16. The van der Waals surface area contributed by atoms with E-state index in [1.54, 1.807) is 0 Å². The lowest BCUT2D eigenvalue weighted by atomic mass is 9.82. The van der Waals surface area contributed by atoms with Gasteiger partial charge < -0.3 is 10.2 Å². The van der Waals surface area contributed by atoms with E-state index in [1.165, 1.54) is 41.9 Å². The Bertz CT molecular complexity index is 1040. The van der Waals surface area contributed by atoms with Gasteiger partial charge in [0.05, 0.1) is 5.69 Å². The van der Waals surface area contributed by atoms with E-state index in [2.05, 4.69) is 86.7 Å². The summed E-state index contributed by atoms with van der Waals surface area (Å²) in [4.78, 5) is 19.5. The molecule has 0 unspecified atom stereocenters. The molecule has 0 saturated carbocycles. The first kappa shape index (κ1) is 22.8. The molecule has 4 rings (SSSR count). The van der Waals surface area contributed by atoms with Crippen molar-refractivity contribution in [2.45, 2.75) is 45.1 Å². The number of nitrogens with one attached hydrogen (secondary N) is 2. The van der Waals surface area contributed by atoms with Gasteiger partial charge in [-0.3, -0.25) is 5.32 Å². The molecule has 1 aliphatic heterocycles. The third-order valence-corrected chi connectivity index (χ3v) is 7.33. The van der Waals surface area contributed by atoms with Crippen molar-refractivity contribution in [1.82, 2.24) is 10.3 Å². The summed E-state index contributed by atoms with van der Waals surface area (Å²) in [5.41, 5.74) is 4.21. The maximum atomic E-state index is 12.4. The predicted molar refractivity (Wildman–Crippen MR) is 137 cm³/mol. The second kappa shape index (κ2) is 10.0. The number of amides is 2. The summed E-state index contributed by atoms with van der Waals surface area (Å²) in [6, 6.07) is 16.5. The number of carbonyl (C=O) groups is 1. The van der Waals surface area contributed by atoms with E-state index in [9.17, 15) is 4.79 Å². The molecule has 7 heteroatoms. The van der Waals surface area contributed by atoms with Crippen molar-refractivity contribution < 1.29 is 4.79 Å². The van der Waals surface area contributed by atoms with Crippen LogP contribution in [0.25, 0.3) is 0 Å². The molecule has 0 radical (unpaired) electrons. The maximum absolute atomic E-state index is 12.4. The van der Waals surface area contributed by atoms with Gasteiger partial charge in [0.25, 0.3) is 0 Å². The number of halogens is 1. The van der Waals surface area contributed by atoms with Crippen LogP contribution < -0.4 is 15.5 Å². The lowest BCUT2D eigenvalue weighted by Crippen LogP contribution is -2.29. The fraction of sp³-hybridized carbons (Fsp3) is 0.360. The molecule has 1 saturated heterocycles. The number of benzene rings is 2. The van der Waals surface area contributed by atoms with Crippen LogP contribution in [0.5, 0.6) is 0 Å². The van der Waals surface area contributed by atoms with Gasteiger partial charge in [0.1, 0.15) is 0 Å². The minimum absolute atomic E-state index is 0.243. The number of aromatic nitrogens is 1. The van der Waals surface area contributed by atoms with E-state index in [4.69, 9.17) is 0 Å². The summed E-state index contributed by atoms with van der Waals surface area (Å²) in [7, 11) is 0. The van der Waals surface area contributed by atoms with Gasteiger partial charge in [-0.25, -0.2) is 9.78 Å². The third-order valence-electron chi connectivity index (χ3n) is 6.04. The molecular formula is C25H29BrN4OS. The molecule has 0 atom stereocenters. The van der Waals surface area contributed by atoms with Crippen LogP contribution in [-0.2, 0) is 12.0 Å². The molecule has 0 bridgehead atoms. The van der Waals surface area contributed by atoms with Crippen molar-refractivity contribution in [2.24, 2.45) is 0 Å². The molecule has 1 aliphatic rings. The highest BCUT2D eigenvalue weighted by Gasteiger charge is 2.26. The summed E-state index contributed by atoms with van der Waals surface area (Å²) in [5.74, 6) is 0. The quantitative estimate of drug-likeness (QED) is 0.393. The molecular weight excluding hydrogens is 484 g/mol. The van der Waals surface area contributed by atoms with Gasteiger partial charge in [0.2, 0.25) is 0 Å². The topological polar surface area (TPSA) is 57.3 Å². The van der Waals surface area contributed by atoms with Crippen LogP contribution in [0.1, 0.15) is 49.9 Å². The van der Waals surface area contributed by atoms with E-state index in [-0.39, 0.29) is 11.4 Å². The minimum atomic E-state index is -0.246. The Labute approximate surface area is 202 Å². The Balaban J connectivity index is 1.31. The lowest BCUT2D eigenvalue weighted by molar-refractivity contribution is 0.251. The summed E-state index contributed by atoms with van der Waals surface area (Å²) in [5, 5.41) is 8.41. The Morgan fingerprint density at radius 1 is 1.06 bits per heavy atom. The summed E-state index contributed by atoms with van der Waals surface area (Å²) in [6.07, 6.45) is 3.86. The molecule has 0 aliphatic carbocycles. The summed E-state index contributed by atoms with van der Waals surface area (Å²) < 4.78 is 1.05. The van der Waals surface area contributed by atoms with Crippen LogP contribution in [-0.4, -0.2) is 24.1 Å². The number of rotatable bonds is 6. The molecule has 1 fully saturated rings. The Morgan fingerprint density at radius 2 is 1.75 bits per heavy atom. The fourth-order valence-corrected chi connectivity index (χ4v) is 5.07. The zero-order chi connectivity index (χ0) is 22.6. The van der Waals surface area contributed by atoms with Gasteiger partial charge in [-0.2, -0.15) is 0 Å². The normalized spacial score (nSPS) is 14.3. The van der Waals surface area contributed by atoms with Gasteiger partial charge in [0.15, 0.2) is 5.13 Å². The summed E-state index contributed by atoms with van der Waals surface area (Å²) in [6.45, 7) is 7.03. The third kappa shape index (κ3) is 5.51. The number of urea groups is 1. The van der Waals surface area contributed by atoms with E-state index in [1.807, 2.05) is 17.5 Å². The highest BCUT2D eigenvalue weighted by Crippen LogP contribution is 2.34. The van der Waals surface area contributed by atoms with E-state index in [0.29, 0.717) is 11.7 Å². The number of nitrogens with zero attached hydrogens (tertiary/aromatic N) is 2. The smallest absolute Gasteiger partial charge is 0.321 e. The summed E-state index contributed by atoms with van der Waals surface area (Å²) >= 11 is 4.93. The number of hydrogen-bond donors (Lipinski definition) is 2. The average molecular weight is 514 g/mol. The highest BCUT2D eigenvalue weighted by atomic mass is 79.9. The van der Waals surface area contributed by atoms with Crippen molar-refractivity contribution in [3.05, 3.63) is 75.2 Å². The molecule has 2 aromatic carbocycles. The standard InChI is InChI=1S/C25H29BrN4OS/c1-25(2,19-8-10-20(26)11-9-19)22-17-32-24(28-22)29-23(31)27-16-18-6-12-21(13-7-18)30-14-4-3-5-15-30/h6-13,17H,3-5,14-16H2,1-2H3,(H2,27,28,29,31).